The molecule has 25 heavy (non-hydrogen) atoms. The van der Waals surface area contributed by atoms with Crippen molar-refractivity contribution in [2.24, 2.45) is 0 Å². The fourth-order valence-corrected chi connectivity index (χ4v) is 2.45. The number of benzene rings is 1. The smallest absolute Gasteiger partial charge is 0.239 e. The molecule has 0 fully saturated rings. The Balaban J connectivity index is 2.21. The molecule has 1 rings (SSSR count). The van der Waals surface area contributed by atoms with Crippen molar-refractivity contribution in [1.82, 2.24) is 10.6 Å². The second-order valence-corrected chi connectivity index (χ2v) is 7.33. The maximum Gasteiger partial charge on any atom is 0.239 e. The van der Waals surface area contributed by atoms with Crippen LogP contribution in [0.25, 0.3) is 0 Å². The van der Waals surface area contributed by atoms with Gasteiger partial charge in [-0.2, -0.15) is 0 Å². The number of amides is 3. The SMILES string of the molecule is COc1ccc(NC(=O)CSCC(=O)NCC(=O)NC(C)(C)C)cc1. The first-order valence-electron chi connectivity index (χ1n) is 7.79. The van der Waals surface area contributed by atoms with E-state index in [9.17, 15) is 14.4 Å². The van der Waals surface area contributed by atoms with Crippen LogP contribution in [-0.4, -0.2) is 48.4 Å². The minimum absolute atomic E-state index is 0.0747. The standard InChI is InChI=1S/C17H25N3O4S/c1-17(2,3)20-14(21)9-18-15(22)10-25-11-16(23)19-12-5-7-13(24-4)8-6-12/h5-8H,9-11H2,1-4H3,(H,18,22)(H,19,23)(H,20,21). The average molecular weight is 367 g/mol. The van der Waals surface area contributed by atoms with E-state index in [1.54, 1.807) is 31.4 Å². The van der Waals surface area contributed by atoms with Crippen LogP contribution in [-0.2, 0) is 14.4 Å². The van der Waals surface area contributed by atoms with Crippen molar-refractivity contribution in [3.8, 4) is 5.75 Å². The first-order chi connectivity index (χ1) is 11.7. The third-order valence-electron chi connectivity index (χ3n) is 2.80. The van der Waals surface area contributed by atoms with E-state index in [1.807, 2.05) is 20.8 Å². The highest BCUT2D eigenvalue weighted by atomic mass is 32.2. The molecule has 138 valence electrons. The predicted octanol–water partition coefficient (Wildman–Crippen LogP) is 1.40. The minimum Gasteiger partial charge on any atom is -0.497 e. The highest BCUT2D eigenvalue weighted by molar-refractivity contribution is 8.00. The van der Waals surface area contributed by atoms with Crippen LogP contribution in [0, 0.1) is 0 Å². The lowest BCUT2D eigenvalue weighted by Crippen LogP contribution is -2.46. The van der Waals surface area contributed by atoms with E-state index in [2.05, 4.69) is 16.0 Å². The van der Waals surface area contributed by atoms with Gasteiger partial charge in [0.2, 0.25) is 17.7 Å². The highest BCUT2D eigenvalue weighted by Crippen LogP contribution is 2.15. The van der Waals surface area contributed by atoms with E-state index in [4.69, 9.17) is 4.74 Å². The number of carbonyl (C=O) groups excluding carboxylic acids is 3. The molecule has 0 aromatic heterocycles. The van der Waals surface area contributed by atoms with Gasteiger partial charge >= 0.3 is 0 Å². The molecule has 0 bridgehead atoms. The van der Waals surface area contributed by atoms with Gasteiger partial charge in [0.05, 0.1) is 25.2 Å². The molecule has 0 atom stereocenters. The van der Waals surface area contributed by atoms with Crippen molar-refractivity contribution < 1.29 is 19.1 Å². The Morgan fingerprint density at radius 3 is 2.16 bits per heavy atom. The Morgan fingerprint density at radius 2 is 1.60 bits per heavy atom. The van der Waals surface area contributed by atoms with Gasteiger partial charge in [-0.1, -0.05) is 0 Å². The molecule has 7 nitrogen and oxygen atoms in total. The van der Waals surface area contributed by atoms with Crippen LogP contribution in [0.3, 0.4) is 0 Å². The molecule has 0 aliphatic rings. The Labute approximate surface area is 152 Å². The molecule has 3 amide bonds. The molecule has 0 spiro atoms. The number of anilines is 1. The summed E-state index contributed by atoms with van der Waals surface area (Å²) in [6.45, 7) is 5.52. The summed E-state index contributed by atoms with van der Waals surface area (Å²) in [5.41, 5.74) is 0.325. The van der Waals surface area contributed by atoms with E-state index in [0.29, 0.717) is 11.4 Å². The van der Waals surface area contributed by atoms with Crippen LogP contribution in [0.15, 0.2) is 24.3 Å². The molecule has 1 aromatic rings. The quantitative estimate of drug-likeness (QED) is 0.645. The van der Waals surface area contributed by atoms with Gasteiger partial charge in [-0.25, -0.2) is 0 Å². The summed E-state index contributed by atoms with van der Waals surface area (Å²) in [5.74, 6) is 0.231. The fraction of sp³-hybridized carbons (Fsp3) is 0.471. The number of rotatable bonds is 8. The third-order valence-corrected chi connectivity index (χ3v) is 3.73. The first-order valence-corrected chi connectivity index (χ1v) is 8.94. The van der Waals surface area contributed by atoms with Gasteiger partial charge in [-0.15, -0.1) is 11.8 Å². The Bertz CT molecular complexity index is 597. The second kappa shape index (κ2) is 9.93. The van der Waals surface area contributed by atoms with Crippen molar-refractivity contribution in [3.63, 3.8) is 0 Å². The molecule has 0 saturated heterocycles. The van der Waals surface area contributed by atoms with Crippen molar-refractivity contribution in [1.29, 1.82) is 0 Å². The molecule has 0 unspecified atom stereocenters. The second-order valence-electron chi connectivity index (χ2n) is 6.34. The van der Waals surface area contributed by atoms with Crippen LogP contribution >= 0.6 is 11.8 Å². The zero-order chi connectivity index (χ0) is 18.9. The van der Waals surface area contributed by atoms with Gasteiger partial charge in [0, 0.05) is 11.2 Å². The van der Waals surface area contributed by atoms with Crippen LogP contribution in [0.2, 0.25) is 0 Å². The van der Waals surface area contributed by atoms with Crippen LogP contribution < -0.4 is 20.7 Å². The number of thioether (sulfide) groups is 1. The summed E-state index contributed by atoms with van der Waals surface area (Å²) < 4.78 is 5.04. The maximum absolute atomic E-state index is 11.8. The molecular weight excluding hydrogens is 342 g/mol. The molecule has 0 saturated carbocycles. The van der Waals surface area contributed by atoms with Crippen molar-refractivity contribution >= 4 is 35.2 Å². The van der Waals surface area contributed by atoms with E-state index < -0.39 is 0 Å². The zero-order valence-electron chi connectivity index (χ0n) is 15.0. The third kappa shape index (κ3) is 9.61. The predicted molar refractivity (Wildman–Crippen MR) is 99.9 cm³/mol. The summed E-state index contributed by atoms with van der Waals surface area (Å²) in [6.07, 6.45) is 0. The van der Waals surface area contributed by atoms with Crippen LogP contribution in [0.1, 0.15) is 20.8 Å². The van der Waals surface area contributed by atoms with E-state index in [0.717, 1.165) is 0 Å². The van der Waals surface area contributed by atoms with Crippen LogP contribution in [0.4, 0.5) is 5.69 Å². The summed E-state index contributed by atoms with van der Waals surface area (Å²) >= 11 is 1.18. The van der Waals surface area contributed by atoms with E-state index in [-0.39, 0.29) is 41.3 Å². The van der Waals surface area contributed by atoms with Gasteiger partial charge in [-0.3, -0.25) is 14.4 Å². The van der Waals surface area contributed by atoms with Crippen LogP contribution in [0.5, 0.6) is 5.75 Å². The maximum atomic E-state index is 11.8. The highest BCUT2D eigenvalue weighted by Gasteiger charge is 2.14. The minimum atomic E-state index is -0.337. The fourth-order valence-electron chi connectivity index (χ4n) is 1.80. The number of ether oxygens (including phenoxy) is 1. The number of hydrogen-bond acceptors (Lipinski definition) is 5. The molecule has 0 aliphatic carbocycles. The molecule has 0 aliphatic heterocycles. The number of nitrogens with one attached hydrogen (secondary N) is 3. The van der Waals surface area contributed by atoms with E-state index in [1.165, 1.54) is 11.8 Å². The summed E-state index contributed by atoms with van der Waals surface area (Å²) in [5, 5.41) is 8.01. The molecular formula is C17H25N3O4S. The molecule has 1 aromatic carbocycles. The molecule has 8 heteroatoms. The zero-order valence-corrected chi connectivity index (χ0v) is 15.8. The van der Waals surface area contributed by atoms with Crippen molar-refractivity contribution in [2.75, 3.05) is 30.5 Å². The lowest BCUT2D eigenvalue weighted by atomic mass is 10.1. The summed E-state index contributed by atoms with van der Waals surface area (Å²) in [6, 6.07) is 6.97. The first kappa shape index (κ1) is 20.8. The Kier molecular flexibility index (Phi) is 8.27. The molecule has 0 heterocycles. The van der Waals surface area contributed by atoms with Gasteiger partial charge in [-0.05, 0) is 45.0 Å². The Morgan fingerprint density at radius 1 is 1.00 bits per heavy atom. The van der Waals surface area contributed by atoms with Gasteiger partial charge in [0.1, 0.15) is 5.75 Å². The monoisotopic (exact) mass is 367 g/mol. The molecule has 3 N–H and O–H groups in total. The number of carbonyl (C=O) groups is 3. The van der Waals surface area contributed by atoms with Crippen molar-refractivity contribution in [3.05, 3.63) is 24.3 Å². The molecule has 0 radical (unpaired) electrons. The van der Waals surface area contributed by atoms with Gasteiger partial charge < -0.3 is 20.7 Å². The topological polar surface area (TPSA) is 96.5 Å². The van der Waals surface area contributed by atoms with Gasteiger partial charge in [0.25, 0.3) is 0 Å². The lowest BCUT2D eigenvalue weighted by molar-refractivity contribution is -0.125. The normalized spacial score (nSPS) is 10.7. The summed E-state index contributed by atoms with van der Waals surface area (Å²) in [7, 11) is 1.57. The largest absolute Gasteiger partial charge is 0.497 e. The van der Waals surface area contributed by atoms with E-state index >= 15 is 0 Å². The lowest BCUT2D eigenvalue weighted by Gasteiger charge is -2.20. The number of hydrogen-bond donors (Lipinski definition) is 3. The number of methoxy groups -OCH3 is 1. The average Bonchev–Trinajstić information content (AvgIpc) is 2.52. The summed E-state index contributed by atoms with van der Waals surface area (Å²) in [4.78, 5) is 35.1. The Hall–Kier alpha value is -2.22. The van der Waals surface area contributed by atoms with Crippen molar-refractivity contribution in [2.45, 2.75) is 26.3 Å². The van der Waals surface area contributed by atoms with Gasteiger partial charge in [0.15, 0.2) is 0 Å².